The number of aromatic nitrogens is 2. The number of aliphatic hydroxyl groups excluding tert-OH is 1. The van der Waals surface area contributed by atoms with E-state index < -0.39 is 14.2 Å². The maximum Gasteiger partial charge on any atom is 0.222 e. The standard InChI is InChI=1S/C24H25N3O3.C16H20Si/c1-15(29)26-21-11-17(8-9-25-21)23-18(10-16-6-4-3-5-7-16)22-19(27-23)12-24(2,14-28)13-20(22)30;1-16(2,3)17(14-10-6-4-7-11-14)15-12-8-5-9-13-15/h3-9,11,27-28H,10,12-14H2,1-2H3,(H,25,26,29);4-13,17H,1-3H3. The van der Waals surface area contributed by atoms with Crippen LogP contribution >= 0.6 is 0 Å². The average Bonchev–Trinajstić information content (AvgIpc) is 3.40. The first kappa shape index (κ1) is 33.8. The smallest absolute Gasteiger partial charge is 0.222 e. The molecule has 0 bridgehead atoms. The molecule has 5 aromatic rings. The Bertz CT molecular complexity index is 1780. The highest BCUT2D eigenvalue weighted by Gasteiger charge is 2.38. The Kier molecular flexibility index (Phi) is 10.4. The second kappa shape index (κ2) is 14.4. The van der Waals surface area contributed by atoms with Gasteiger partial charge in [0.05, 0.1) is 5.69 Å². The van der Waals surface area contributed by atoms with Crippen LogP contribution in [0.3, 0.4) is 0 Å². The van der Waals surface area contributed by atoms with Gasteiger partial charge in [-0.25, -0.2) is 4.98 Å². The zero-order chi connectivity index (χ0) is 33.6. The summed E-state index contributed by atoms with van der Waals surface area (Å²) in [6.45, 7) is 10.4. The zero-order valence-electron chi connectivity index (χ0n) is 28.0. The molecule has 1 aliphatic carbocycles. The van der Waals surface area contributed by atoms with Crippen LogP contribution in [0.1, 0.15) is 68.2 Å². The second-order valence-electron chi connectivity index (χ2n) is 14.0. The molecule has 6 rings (SSSR count). The number of anilines is 1. The number of H-pyrrole nitrogens is 1. The van der Waals surface area contributed by atoms with Crippen molar-refractivity contribution in [2.75, 3.05) is 11.9 Å². The van der Waals surface area contributed by atoms with E-state index in [0.29, 0.717) is 30.1 Å². The van der Waals surface area contributed by atoms with E-state index in [1.165, 1.54) is 17.3 Å². The molecule has 0 saturated carbocycles. The minimum atomic E-state index is -1.14. The third-order valence-corrected chi connectivity index (χ3v) is 12.6. The number of aliphatic hydroxyl groups is 1. The van der Waals surface area contributed by atoms with Crippen molar-refractivity contribution in [3.63, 3.8) is 0 Å². The summed E-state index contributed by atoms with van der Waals surface area (Å²) in [6.07, 6.45) is 3.19. The van der Waals surface area contributed by atoms with E-state index in [2.05, 4.69) is 96.7 Å². The Hall–Kier alpha value is -4.59. The average molecular weight is 644 g/mol. The van der Waals surface area contributed by atoms with Gasteiger partial charge < -0.3 is 15.4 Å². The summed E-state index contributed by atoms with van der Waals surface area (Å²) in [7, 11) is -1.14. The van der Waals surface area contributed by atoms with Crippen LogP contribution < -0.4 is 15.7 Å². The molecule has 1 aliphatic rings. The monoisotopic (exact) mass is 643 g/mol. The van der Waals surface area contributed by atoms with Crippen LogP contribution in [-0.2, 0) is 17.6 Å². The Morgan fingerprint density at radius 1 is 0.915 bits per heavy atom. The molecular weight excluding hydrogens is 599 g/mol. The minimum Gasteiger partial charge on any atom is -0.396 e. The van der Waals surface area contributed by atoms with Gasteiger partial charge in [0.25, 0.3) is 0 Å². The molecule has 0 fully saturated rings. The number of nitrogens with zero attached hydrogens (tertiary/aromatic N) is 1. The van der Waals surface area contributed by atoms with Gasteiger partial charge in [0.15, 0.2) is 5.78 Å². The maximum absolute atomic E-state index is 13.1. The van der Waals surface area contributed by atoms with Gasteiger partial charge in [0, 0.05) is 54.8 Å². The van der Waals surface area contributed by atoms with E-state index in [0.717, 1.165) is 33.6 Å². The number of ketones is 1. The predicted molar refractivity (Wildman–Crippen MR) is 194 cm³/mol. The number of nitrogens with one attached hydrogen (secondary N) is 2. The SMILES string of the molecule is CC(=O)Nc1cc(-c2[nH]c3c(c2Cc2ccccc2)C(=O)CC(C)(CO)C3)ccn1.CC(C)(C)[SiH](c1ccccc1)c1ccccc1. The lowest BCUT2D eigenvalue weighted by molar-refractivity contribution is -0.114. The quantitative estimate of drug-likeness (QED) is 0.175. The summed E-state index contributed by atoms with van der Waals surface area (Å²) < 4.78 is 0. The topological polar surface area (TPSA) is 95.1 Å². The van der Waals surface area contributed by atoms with E-state index in [9.17, 15) is 14.7 Å². The van der Waals surface area contributed by atoms with Gasteiger partial charge in [0.2, 0.25) is 5.91 Å². The number of benzene rings is 3. The number of carbonyl (C=O) groups is 2. The first-order chi connectivity index (χ1) is 22.5. The third-order valence-electron chi connectivity index (χ3n) is 8.74. The van der Waals surface area contributed by atoms with Crippen molar-refractivity contribution >= 4 is 36.7 Å². The number of carbonyl (C=O) groups excluding carboxylic acids is 2. The molecule has 7 heteroatoms. The molecule has 2 aromatic heterocycles. The fourth-order valence-electron chi connectivity index (χ4n) is 6.68. The van der Waals surface area contributed by atoms with E-state index >= 15 is 0 Å². The highest BCUT2D eigenvalue weighted by molar-refractivity contribution is 6.87. The molecule has 242 valence electrons. The molecule has 0 spiro atoms. The van der Waals surface area contributed by atoms with Gasteiger partial charge in [-0.1, -0.05) is 129 Å². The number of aromatic amines is 1. The van der Waals surface area contributed by atoms with Gasteiger partial charge in [-0.05, 0) is 34.7 Å². The number of hydrogen-bond donors (Lipinski definition) is 3. The lowest BCUT2D eigenvalue weighted by atomic mass is 9.74. The number of amides is 1. The molecule has 3 N–H and O–H groups in total. The molecule has 47 heavy (non-hydrogen) atoms. The Morgan fingerprint density at radius 3 is 2.02 bits per heavy atom. The molecule has 1 amide bonds. The largest absolute Gasteiger partial charge is 0.396 e. The second-order valence-corrected chi connectivity index (χ2v) is 17.9. The molecule has 1 atom stereocenters. The number of pyridine rings is 1. The van der Waals surface area contributed by atoms with Crippen molar-refractivity contribution in [2.45, 2.75) is 58.9 Å². The third kappa shape index (κ3) is 8.23. The molecule has 2 heterocycles. The van der Waals surface area contributed by atoms with E-state index in [1.807, 2.05) is 49.4 Å². The van der Waals surface area contributed by atoms with Crippen molar-refractivity contribution in [1.82, 2.24) is 9.97 Å². The van der Waals surface area contributed by atoms with Gasteiger partial charge >= 0.3 is 0 Å². The van der Waals surface area contributed by atoms with Gasteiger partial charge in [-0.15, -0.1) is 0 Å². The Morgan fingerprint density at radius 2 is 1.49 bits per heavy atom. The molecule has 6 nitrogen and oxygen atoms in total. The number of rotatable bonds is 7. The Labute approximate surface area is 279 Å². The van der Waals surface area contributed by atoms with Crippen LogP contribution in [0.2, 0.25) is 5.04 Å². The van der Waals surface area contributed by atoms with Crippen molar-refractivity contribution < 1.29 is 14.7 Å². The summed E-state index contributed by atoms with van der Waals surface area (Å²) in [6, 6.07) is 35.7. The fourth-order valence-corrected chi connectivity index (χ4v) is 10.3. The van der Waals surface area contributed by atoms with Crippen LogP contribution in [0.5, 0.6) is 0 Å². The fraction of sp³-hybridized carbons (Fsp3) is 0.275. The lowest BCUT2D eigenvalue weighted by Gasteiger charge is -2.30. The van der Waals surface area contributed by atoms with Crippen LogP contribution in [-0.4, -0.2) is 42.2 Å². The van der Waals surface area contributed by atoms with Crippen LogP contribution in [0.4, 0.5) is 5.82 Å². The number of Topliss-reactive ketones (excluding diaryl/α,β-unsaturated/α-hetero) is 1. The first-order valence-corrected chi connectivity index (χ1v) is 18.0. The summed E-state index contributed by atoms with van der Waals surface area (Å²) >= 11 is 0. The molecule has 0 aliphatic heterocycles. The van der Waals surface area contributed by atoms with E-state index in [4.69, 9.17) is 0 Å². The van der Waals surface area contributed by atoms with Gasteiger partial charge in [-0.3, -0.25) is 9.59 Å². The molecule has 3 aromatic carbocycles. The number of fused-ring (bicyclic) bond motifs is 1. The minimum absolute atomic E-state index is 0.0392. The summed E-state index contributed by atoms with van der Waals surface area (Å²) in [5, 5.41) is 16.0. The predicted octanol–water partition coefficient (Wildman–Crippen LogP) is 6.58. The highest BCUT2D eigenvalue weighted by Crippen LogP contribution is 2.40. The van der Waals surface area contributed by atoms with Gasteiger partial charge in [-0.2, -0.15) is 0 Å². The van der Waals surface area contributed by atoms with Crippen molar-refractivity contribution in [2.24, 2.45) is 5.41 Å². The molecule has 1 unspecified atom stereocenters. The molecule has 0 radical (unpaired) electrons. The van der Waals surface area contributed by atoms with Crippen molar-refractivity contribution in [3.05, 3.63) is 132 Å². The summed E-state index contributed by atoms with van der Waals surface area (Å²) in [5.74, 6) is 0.325. The van der Waals surface area contributed by atoms with E-state index in [-0.39, 0.29) is 18.3 Å². The lowest BCUT2D eigenvalue weighted by Crippen LogP contribution is -2.48. The summed E-state index contributed by atoms with van der Waals surface area (Å²) in [4.78, 5) is 32.2. The normalized spacial score (nSPS) is 15.9. The van der Waals surface area contributed by atoms with Crippen LogP contribution in [0, 0.1) is 5.41 Å². The van der Waals surface area contributed by atoms with Crippen molar-refractivity contribution in [3.8, 4) is 11.3 Å². The molecule has 0 saturated heterocycles. The highest BCUT2D eigenvalue weighted by atomic mass is 28.3. The zero-order valence-corrected chi connectivity index (χ0v) is 29.2. The Balaban J connectivity index is 0.000000216. The summed E-state index contributed by atoms with van der Waals surface area (Å²) in [5.41, 5.74) is 4.90. The van der Waals surface area contributed by atoms with Gasteiger partial charge in [0.1, 0.15) is 14.6 Å². The van der Waals surface area contributed by atoms with Crippen LogP contribution in [0.15, 0.2) is 109 Å². The maximum atomic E-state index is 13.1. The van der Waals surface area contributed by atoms with Crippen molar-refractivity contribution in [1.29, 1.82) is 0 Å². The first-order valence-electron chi connectivity index (χ1n) is 16.2. The number of hydrogen-bond acceptors (Lipinski definition) is 4. The van der Waals surface area contributed by atoms with Crippen LogP contribution in [0.25, 0.3) is 11.3 Å². The van der Waals surface area contributed by atoms with E-state index in [1.54, 1.807) is 6.20 Å². The molecular formula is C40H45N3O3Si.